The van der Waals surface area contributed by atoms with Crippen LogP contribution in [0, 0.1) is 5.41 Å². The van der Waals surface area contributed by atoms with Gasteiger partial charge in [0.2, 0.25) is 0 Å². The van der Waals surface area contributed by atoms with Crippen LogP contribution in [-0.2, 0) is 0 Å². The van der Waals surface area contributed by atoms with Crippen molar-refractivity contribution in [2.24, 2.45) is 5.41 Å². The standard InChI is InChI=1S/C17H35N3/c1-4-11-18-14-17(9-6-5-7-10-17)15-20-12-8-16(13-20)19(2)3/h16,18H,4-15H2,1-3H3. The first-order valence-electron chi connectivity index (χ1n) is 8.75. The Kier molecular flexibility index (Phi) is 6.31. The summed E-state index contributed by atoms with van der Waals surface area (Å²) in [5.74, 6) is 0. The lowest BCUT2D eigenvalue weighted by Crippen LogP contribution is -2.45. The first-order chi connectivity index (χ1) is 9.65. The van der Waals surface area contributed by atoms with Gasteiger partial charge < -0.3 is 15.1 Å². The summed E-state index contributed by atoms with van der Waals surface area (Å²) in [7, 11) is 4.46. The molecule has 1 saturated carbocycles. The molecule has 1 N–H and O–H groups in total. The van der Waals surface area contributed by atoms with Crippen LogP contribution < -0.4 is 5.32 Å². The first-order valence-corrected chi connectivity index (χ1v) is 8.75. The fraction of sp³-hybridized carbons (Fsp3) is 1.00. The zero-order chi connectivity index (χ0) is 14.4. The zero-order valence-corrected chi connectivity index (χ0v) is 14.0. The average molecular weight is 281 g/mol. The molecule has 1 aliphatic heterocycles. The number of rotatable bonds is 7. The lowest BCUT2D eigenvalue weighted by molar-refractivity contribution is 0.112. The smallest absolute Gasteiger partial charge is 0.0229 e. The monoisotopic (exact) mass is 281 g/mol. The molecule has 0 aromatic heterocycles. The lowest BCUT2D eigenvalue weighted by atomic mass is 9.73. The Balaban J connectivity index is 1.87. The summed E-state index contributed by atoms with van der Waals surface area (Å²) in [4.78, 5) is 5.15. The molecule has 0 bridgehead atoms. The summed E-state index contributed by atoms with van der Waals surface area (Å²) in [6.07, 6.45) is 9.82. The van der Waals surface area contributed by atoms with Gasteiger partial charge in [0.1, 0.15) is 0 Å². The van der Waals surface area contributed by atoms with Crippen molar-refractivity contribution in [2.45, 2.75) is 57.9 Å². The van der Waals surface area contributed by atoms with Gasteiger partial charge in [-0.3, -0.25) is 0 Å². The Morgan fingerprint density at radius 1 is 1.20 bits per heavy atom. The van der Waals surface area contributed by atoms with E-state index >= 15 is 0 Å². The molecule has 1 aliphatic carbocycles. The third kappa shape index (κ3) is 4.44. The van der Waals surface area contributed by atoms with Crippen LogP contribution in [0.25, 0.3) is 0 Å². The number of likely N-dealkylation sites (tertiary alicyclic amines) is 1. The van der Waals surface area contributed by atoms with Gasteiger partial charge in [-0.25, -0.2) is 0 Å². The summed E-state index contributed by atoms with van der Waals surface area (Å²) in [5.41, 5.74) is 0.564. The van der Waals surface area contributed by atoms with Crippen molar-refractivity contribution in [1.82, 2.24) is 15.1 Å². The van der Waals surface area contributed by atoms with Crippen LogP contribution in [0.5, 0.6) is 0 Å². The molecule has 0 spiro atoms. The van der Waals surface area contributed by atoms with Crippen LogP contribution in [0.2, 0.25) is 0 Å². The van der Waals surface area contributed by atoms with E-state index in [1.807, 2.05) is 0 Å². The highest BCUT2D eigenvalue weighted by molar-refractivity contribution is 4.91. The predicted molar refractivity (Wildman–Crippen MR) is 87.2 cm³/mol. The van der Waals surface area contributed by atoms with Crippen molar-refractivity contribution < 1.29 is 0 Å². The van der Waals surface area contributed by atoms with Gasteiger partial charge in [-0.05, 0) is 58.3 Å². The molecule has 1 atom stereocenters. The van der Waals surface area contributed by atoms with Crippen LogP contribution in [0.1, 0.15) is 51.9 Å². The zero-order valence-electron chi connectivity index (χ0n) is 14.0. The van der Waals surface area contributed by atoms with Gasteiger partial charge in [0.05, 0.1) is 0 Å². The summed E-state index contributed by atoms with van der Waals surface area (Å²) in [6.45, 7) is 8.60. The number of hydrogen-bond donors (Lipinski definition) is 1. The number of hydrogen-bond acceptors (Lipinski definition) is 3. The quantitative estimate of drug-likeness (QED) is 0.724. The fourth-order valence-corrected chi connectivity index (χ4v) is 4.07. The highest BCUT2D eigenvalue weighted by Gasteiger charge is 2.36. The van der Waals surface area contributed by atoms with Crippen molar-refractivity contribution in [3.05, 3.63) is 0 Å². The summed E-state index contributed by atoms with van der Waals surface area (Å²) >= 11 is 0. The minimum atomic E-state index is 0.564. The fourth-order valence-electron chi connectivity index (χ4n) is 4.07. The molecule has 3 nitrogen and oxygen atoms in total. The molecular weight excluding hydrogens is 246 g/mol. The van der Waals surface area contributed by atoms with Crippen LogP contribution in [-0.4, -0.2) is 62.7 Å². The number of nitrogens with zero attached hydrogens (tertiary/aromatic N) is 2. The van der Waals surface area contributed by atoms with E-state index in [0.29, 0.717) is 5.41 Å². The molecule has 2 fully saturated rings. The molecule has 1 unspecified atom stereocenters. The summed E-state index contributed by atoms with van der Waals surface area (Å²) < 4.78 is 0. The Labute approximate surface area is 126 Å². The van der Waals surface area contributed by atoms with E-state index in [9.17, 15) is 0 Å². The molecule has 0 amide bonds. The molecule has 2 aliphatic rings. The van der Waals surface area contributed by atoms with Gasteiger partial charge >= 0.3 is 0 Å². The van der Waals surface area contributed by atoms with Crippen molar-refractivity contribution >= 4 is 0 Å². The highest BCUT2D eigenvalue weighted by atomic mass is 15.2. The minimum absolute atomic E-state index is 0.564. The second kappa shape index (κ2) is 7.77. The molecule has 0 aromatic carbocycles. The first kappa shape index (κ1) is 16.3. The van der Waals surface area contributed by atoms with Gasteiger partial charge in [-0.2, -0.15) is 0 Å². The molecule has 118 valence electrons. The molecule has 20 heavy (non-hydrogen) atoms. The third-order valence-corrected chi connectivity index (χ3v) is 5.38. The maximum absolute atomic E-state index is 3.72. The van der Waals surface area contributed by atoms with Crippen molar-refractivity contribution in [1.29, 1.82) is 0 Å². The van der Waals surface area contributed by atoms with E-state index in [1.54, 1.807) is 0 Å². The van der Waals surface area contributed by atoms with E-state index < -0.39 is 0 Å². The minimum Gasteiger partial charge on any atom is -0.316 e. The highest BCUT2D eigenvalue weighted by Crippen LogP contribution is 2.37. The van der Waals surface area contributed by atoms with E-state index in [4.69, 9.17) is 0 Å². The van der Waals surface area contributed by atoms with E-state index in [1.165, 1.54) is 77.7 Å². The Morgan fingerprint density at radius 2 is 1.95 bits per heavy atom. The second-order valence-electron chi connectivity index (χ2n) is 7.38. The Bertz CT molecular complexity index is 271. The largest absolute Gasteiger partial charge is 0.316 e. The topological polar surface area (TPSA) is 18.5 Å². The van der Waals surface area contributed by atoms with Crippen LogP contribution in [0.15, 0.2) is 0 Å². The Hall–Kier alpha value is -0.120. The van der Waals surface area contributed by atoms with Crippen molar-refractivity contribution in [3.63, 3.8) is 0 Å². The molecule has 0 aromatic rings. The van der Waals surface area contributed by atoms with E-state index in [2.05, 4.69) is 36.1 Å². The average Bonchev–Trinajstić information content (AvgIpc) is 2.88. The van der Waals surface area contributed by atoms with E-state index in [-0.39, 0.29) is 0 Å². The van der Waals surface area contributed by atoms with Gasteiger partial charge in [-0.15, -0.1) is 0 Å². The molecule has 1 heterocycles. The van der Waals surface area contributed by atoms with Crippen molar-refractivity contribution in [3.8, 4) is 0 Å². The van der Waals surface area contributed by atoms with Gasteiger partial charge in [0, 0.05) is 25.7 Å². The molecule has 2 rings (SSSR count). The second-order valence-corrected chi connectivity index (χ2v) is 7.38. The molecular formula is C17H35N3. The maximum atomic E-state index is 3.72. The van der Waals surface area contributed by atoms with Crippen LogP contribution in [0.4, 0.5) is 0 Å². The predicted octanol–water partition coefficient (Wildman–Crippen LogP) is 2.57. The lowest BCUT2D eigenvalue weighted by Gasteiger charge is -2.40. The van der Waals surface area contributed by atoms with Crippen molar-refractivity contribution in [2.75, 3.05) is 46.8 Å². The summed E-state index contributed by atoms with van der Waals surface area (Å²) in [6, 6.07) is 0.777. The molecule has 0 radical (unpaired) electrons. The third-order valence-electron chi connectivity index (χ3n) is 5.38. The molecule has 3 heteroatoms. The van der Waals surface area contributed by atoms with Gasteiger partial charge in [-0.1, -0.05) is 26.2 Å². The van der Waals surface area contributed by atoms with E-state index in [0.717, 1.165) is 6.04 Å². The SMILES string of the molecule is CCCNCC1(CN2CCC(N(C)C)C2)CCCCC1. The van der Waals surface area contributed by atoms with Gasteiger partial charge in [0.25, 0.3) is 0 Å². The van der Waals surface area contributed by atoms with Gasteiger partial charge in [0.15, 0.2) is 0 Å². The Morgan fingerprint density at radius 3 is 2.55 bits per heavy atom. The summed E-state index contributed by atoms with van der Waals surface area (Å²) in [5, 5.41) is 3.72. The normalized spacial score (nSPS) is 27.3. The molecule has 1 saturated heterocycles. The van der Waals surface area contributed by atoms with Crippen LogP contribution in [0.3, 0.4) is 0 Å². The maximum Gasteiger partial charge on any atom is 0.0229 e. The number of likely N-dealkylation sites (N-methyl/N-ethyl adjacent to an activating group) is 1. The van der Waals surface area contributed by atoms with Crippen LogP contribution >= 0.6 is 0 Å². The number of nitrogens with one attached hydrogen (secondary N) is 1.